The van der Waals surface area contributed by atoms with Gasteiger partial charge in [-0.05, 0) is 19.3 Å². The number of aromatic nitrogens is 2. The summed E-state index contributed by atoms with van der Waals surface area (Å²) in [6.45, 7) is -2.97. The zero-order valence-electron chi connectivity index (χ0n) is 49.8. The Morgan fingerprint density at radius 1 is 0.465 bits per heavy atom. The molecule has 3 amide bonds. The summed E-state index contributed by atoms with van der Waals surface area (Å²) in [5, 5.41) is 50.6. The minimum Gasteiger partial charge on any atom is -0.475 e. The van der Waals surface area contributed by atoms with Gasteiger partial charge in [0.15, 0.2) is 6.29 Å². The van der Waals surface area contributed by atoms with Gasteiger partial charge in [0.05, 0.1) is 19.5 Å². The number of alkyl halides is 36. The number of halogens is 36. The van der Waals surface area contributed by atoms with Gasteiger partial charge in [0.2, 0.25) is 17.7 Å². The maximum atomic E-state index is 14.7. The average molecular weight is 1570 g/mol. The number of aliphatic hydroxyl groups excluding tert-OH is 4. The number of amides is 3. The van der Waals surface area contributed by atoms with Crippen LogP contribution in [0.15, 0.2) is 12.5 Å². The van der Waals surface area contributed by atoms with Crippen LogP contribution in [0.1, 0.15) is 95.6 Å². The number of aliphatic hydroxyl groups is 4. The number of imidazole rings is 1. The minimum absolute atomic E-state index is 0.0456. The number of unbranched alkanes of at least 4 members (excludes halogenated alkanes) is 7. The van der Waals surface area contributed by atoms with Gasteiger partial charge >= 0.3 is 107 Å². The van der Waals surface area contributed by atoms with Crippen LogP contribution in [0.2, 0.25) is 0 Å². The topological polar surface area (TPSA) is 253 Å². The molecule has 0 aromatic carbocycles. The lowest BCUT2D eigenvalue weighted by Gasteiger charge is -2.43. The summed E-state index contributed by atoms with van der Waals surface area (Å²) in [5.74, 6) is -132. The van der Waals surface area contributed by atoms with E-state index in [0.717, 1.165) is 0 Å². The number of aliphatic carboxylic acids is 1. The molecule has 0 saturated carbocycles. The SMILES string of the molecule is O=C(CCCCCCCCCCC(F)(F)C(F)(F)C(F)(F)C(F)(F)C(F)(F)C(F)(F)C(F)(F)C(F)(F)CCCNC(=O)[C@H](Cc1cnc[nH]1)NC(=O)CCC(F)(F)C(F)(F)C(F)(F)C(F)(F)C(F)(F)C(F)(F)C(F)(F)C(F)(F)F)NCCO[C@@H]1O[C@H](CO)[C@H](O)[C@H](O)[C@H]1O.O=C(O)C(F)(F)F. The molecule has 16 nitrogen and oxygen atoms in total. The molecule has 1 fully saturated rings. The first-order valence-corrected chi connectivity index (χ1v) is 27.8. The summed E-state index contributed by atoms with van der Waals surface area (Å²) in [4.78, 5) is 51.5. The molecular formula is C49H55F36N5O11. The van der Waals surface area contributed by atoms with E-state index in [1.807, 2.05) is 0 Å². The summed E-state index contributed by atoms with van der Waals surface area (Å²) in [5.41, 5.74) is -0.481. The second-order valence-corrected chi connectivity index (χ2v) is 21.8. The van der Waals surface area contributed by atoms with Gasteiger partial charge in [-0.15, -0.1) is 0 Å². The Morgan fingerprint density at radius 3 is 1.23 bits per heavy atom. The largest absolute Gasteiger partial charge is 0.490 e. The van der Waals surface area contributed by atoms with Crippen molar-refractivity contribution < 1.29 is 212 Å². The van der Waals surface area contributed by atoms with Gasteiger partial charge in [0, 0.05) is 63.5 Å². The minimum atomic E-state index is -9.02. The maximum Gasteiger partial charge on any atom is 0.490 e. The molecule has 1 aliphatic heterocycles. The normalized spacial score (nSPS) is 19.3. The number of rotatable bonds is 40. The molecule has 9 N–H and O–H groups in total. The number of nitrogens with zero attached hydrogens (tertiary/aromatic N) is 1. The van der Waals surface area contributed by atoms with E-state index in [1.165, 1.54) is 10.6 Å². The fourth-order valence-corrected chi connectivity index (χ4v) is 8.28. The van der Waals surface area contributed by atoms with Gasteiger partial charge in [-0.1, -0.05) is 38.5 Å². The molecular weight excluding hydrogens is 1520 g/mol. The van der Waals surface area contributed by atoms with Crippen molar-refractivity contribution in [1.29, 1.82) is 0 Å². The first-order chi connectivity index (χ1) is 45.1. The molecule has 1 aliphatic rings. The molecule has 2 rings (SSSR count). The van der Waals surface area contributed by atoms with E-state index in [0.29, 0.717) is 25.4 Å². The van der Waals surface area contributed by atoms with Crippen molar-refractivity contribution in [3.8, 4) is 0 Å². The third kappa shape index (κ3) is 19.6. The number of carboxylic acid groups (broad SMARTS) is 1. The third-order valence-electron chi connectivity index (χ3n) is 14.4. The van der Waals surface area contributed by atoms with Gasteiger partial charge in [-0.3, -0.25) is 14.4 Å². The molecule has 52 heteroatoms. The summed E-state index contributed by atoms with van der Waals surface area (Å²) in [6, 6.07) is -2.62. The first-order valence-electron chi connectivity index (χ1n) is 27.8. The fourth-order valence-electron chi connectivity index (χ4n) is 8.28. The van der Waals surface area contributed by atoms with Crippen LogP contribution in [0.4, 0.5) is 158 Å². The van der Waals surface area contributed by atoms with E-state index < -0.39 is 232 Å². The van der Waals surface area contributed by atoms with E-state index in [2.05, 4.69) is 15.3 Å². The molecule has 0 bridgehead atoms. The van der Waals surface area contributed by atoms with Crippen molar-refractivity contribution in [2.75, 3.05) is 26.3 Å². The van der Waals surface area contributed by atoms with Crippen molar-refractivity contribution in [3.63, 3.8) is 0 Å². The highest BCUT2D eigenvalue weighted by Gasteiger charge is 2.96. The van der Waals surface area contributed by atoms with Gasteiger partial charge in [0.25, 0.3) is 0 Å². The molecule has 594 valence electrons. The molecule has 1 aromatic rings. The van der Waals surface area contributed by atoms with Gasteiger partial charge in [-0.2, -0.15) is 158 Å². The fraction of sp³-hybridized carbons (Fsp3) is 0.857. The standard InChI is InChI=1S/C47H54F33N5O9.C2HF3O2/c48-32(49,12-8-6-4-2-1-3-5-7-10-25(87)82-16-17-93-31-29(91)28(90)27(89)24(20-86)94-31)35(54,55)38(60,61)41(66,67)42(68,69)39(62,63)36(56,57)33(50,51)13-9-15-83-30(92)23(18-22-19-81-21-84-22)85-26(88)11-14-34(52,53)37(58,59)40(64,65)43(70,71)44(72,73)45(74,75)46(76,77)47(78,79)80;3-2(4,5)1(6)7/h19,21,23-24,27-29,31,86,89-91H,1-18,20H2,(H,81,84)(H,82,87)(H,83,92)(H,85,88);(H,6,7)/t23-,24+,27-,28-,29+,31+;/m0./s1. The second-order valence-electron chi connectivity index (χ2n) is 21.8. The molecule has 1 aromatic heterocycles. The van der Waals surface area contributed by atoms with E-state index >= 15 is 0 Å². The van der Waals surface area contributed by atoms with Crippen LogP contribution in [0.25, 0.3) is 0 Å². The van der Waals surface area contributed by atoms with E-state index in [4.69, 9.17) is 19.4 Å². The van der Waals surface area contributed by atoms with Crippen LogP contribution in [-0.2, 0) is 35.1 Å². The number of nitrogens with one attached hydrogen (secondary N) is 4. The Kier molecular flexibility index (Phi) is 30.7. The first kappa shape index (κ1) is 93.3. The van der Waals surface area contributed by atoms with Crippen LogP contribution in [0.5, 0.6) is 0 Å². The molecule has 101 heavy (non-hydrogen) atoms. The molecule has 2 heterocycles. The summed E-state index contributed by atoms with van der Waals surface area (Å²) in [7, 11) is 0. The second kappa shape index (κ2) is 33.2. The van der Waals surface area contributed by atoms with Crippen LogP contribution in [-0.4, -0.2) is 223 Å². The van der Waals surface area contributed by atoms with Crippen molar-refractivity contribution in [2.45, 2.75) is 234 Å². The number of carbonyl (C=O) groups excluding carboxylic acids is 3. The number of carbonyl (C=O) groups is 4. The van der Waals surface area contributed by atoms with E-state index in [-0.39, 0.29) is 45.3 Å². The van der Waals surface area contributed by atoms with Gasteiger partial charge in [0.1, 0.15) is 30.5 Å². The Balaban J connectivity index is 0.00000689. The Hall–Kier alpha value is -5.67. The zero-order valence-corrected chi connectivity index (χ0v) is 49.8. The Labute approximate surface area is 540 Å². The van der Waals surface area contributed by atoms with E-state index in [1.54, 1.807) is 0 Å². The lowest BCUT2D eigenvalue weighted by atomic mass is 9.86. The zero-order chi connectivity index (χ0) is 79.6. The Bertz CT molecular complexity index is 2810. The van der Waals surface area contributed by atoms with Crippen LogP contribution >= 0.6 is 0 Å². The highest BCUT2D eigenvalue weighted by atomic mass is 19.4. The number of hydrogen-bond acceptors (Lipinski definition) is 11. The quantitative estimate of drug-likeness (QED) is 0.0220. The summed E-state index contributed by atoms with van der Waals surface area (Å²) < 4.78 is 508. The van der Waals surface area contributed by atoms with Crippen molar-refractivity contribution >= 4 is 23.7 Å². The highest BCUT2D eigenvalue weighted by Crippen LogP contribution is 2.66. The molecule has 0 unspecified atom stereocenters. The van der Waals surface area contributed by atoms with E-state index in [9.17, 15) is 193 Å². The molecule has 6 atom stereocenters. The lowest BCUT2D eigenvalue weighted by molar-refractivity contribution is -0.461. The third-order valence-corrected chi connectivity index (χ3v) is 14.4. The molecule has 0 aliphatic carbocycles. The van der Waals surface area contributed by atoms with Crippen molar-refractivity contribution in [3.05, 3.63) is 18.2 Å². The van der Waals surface area contributed by atoms with Crippen molar-refractivity contribution in [1.82, 2.24) is 25.9 Å². The van der Waals surface area contributed by atoms with Crippen LogP contribution in [0.3, 0.4) is 0 Å². The molecule has 0 spiro atoms. The van der Waals surface area contributed by atoms with Crippen molar-refractivity contribution in [2.24, 2.45) is 0 Å². The lowest BCUT2D eigenvalue weighted by Crippen LogP contribution is -2.74. The number of hydrogen-bond donors (Lipinski definition) is 9. The summed E-state index contributed by atoms with van der Waals surface area (Å²) in [6.07, 6.45) is -35.9. The average Bonchev–Trinajstić information content (AvgIpc) is 0.769. The number of ether oxygens (including phenoxy) is 2. The summed E-state index contributed by atoms with van der Waals surface area (Å²) >= 11 is 0. The molecule has 0 radical (unpaired) electrons. The Morgan fingerprint density at radius 2 is 0.842 bits per heavy atom. The monoisotopic (exact) mass is 1570 g/mol. The predicted octanol–water partition coefficient (Wildman–Crippen LogP) is 11.7. The van der Waals surface area contributed by atoms with Crippen LogP contribution in [0, 0.1) is 0 Å². The smallest absolute Gasteiger partial charge is 0.475 e. The highest BCUT2D eigenvalue weighted by molar-refractivity contribution is 5.87. The van der Waals surface area contributed by atoms with Gasteiger partial charge < -0.3 is 55.9 Å². The molecule has 1 saturated heterocycles. The number of aromatic amines is 1. The van der Waals surface area contributed by atoms with Crippen LogP contribution < -0.4 is 16.0 Å². The number of H-pyrrole nitrogens is 1. The van der Waals surface area contributed by atoms with Gasteiger partial charge in [-0.25, -0.2) is 9.78 Å². The number of carboxylic acids is 1. The maximum absolute atomic E-state index is 14.7. The predicted molar refractivity (Wildman–Crippen MR) is 259 cm³/mol.